The van der Waals surface area contributed by atoms with E-state index in [0.29, 0.717) is 4.48 Å². The van der Waals surface area contributed by atoms with Crippen molar-refractivity contribution >= 4 is 21.9 Å². The molecular weight excluding hydrogens is 284 g/mol. The fraction of sp³-hybridized carbons (Fsp3) is 0.188. The predicted molar refractivity (Wildman–Crippen MR) is 87.2 cm³/mol. The van der Waals surface area contributed by atoms with Gasteiger partial charge in [-0.2, -0.15) is 12.8 Å². The Morgan fingerprint density at radius 3 is 2.00 bits per heavy atom. The van der Waals surface area contributed by atoms with Gasteiger partial charge in [0.2, 0.25) is 0 Å². The molecular formula is C16H19N2O2S+. The van der Waals surface area contributed by atoms with Crippen LogP contribution in [0.25, 0.3) is 0 Å². The van der Waals surface area contributed by atoms with E-state index in [2.05, 4.69) is 25.5 Å². The van der Waals surface area contributed by atoms with E-state index in [1.54, 1.807) is 18.2 Å². The van der Waals surface area contributed by atoms with Gasteiger partial charge in [-0.05, 0) is 42.0 Å². The Hall–Kier alpha value is -1.98. The molecule has 0 radical (unpaired) electrons. The quantitative estimate of drug-likeness (QED) is 0.644. The first-order valence-electron chi connectivity index (χ1n) is 6.56. The van der Waals surface area contributed by atoms with Crippen molar-refractivity contribution in [2.45, 2.75) is 4.90 Å². The highest BCUT2D eigenvalue weighted by atomic mass is 32.2. The van der Waals surface area contributed by atoms with Crippen LogP contribution in [0.5, 0.6) is 0 Å². The molecule has 2 rings (SSSR count). The van der Waals surface area contributed by atoms with E-state index >= 15 is 0 Å². The van der Waals surface area contributed by atoms with Gasteiger partial charge in [0.1, 0.15) is 5.69 Å². The van der Waals surface area contributed by atoms with Crippen LogP contribution in [-0.2, 0) is 10.0 Å². The summed E-state index contributed by atoms with van der Waals surface area (Å²) < 4.78 is 28.5. The summed E-state index contributed by atoms with van der Waals surface area (Å²) >= 11 is 0. The second kappa shape index (κ2) is 5.79. The summed E-state index contributed by atoms with van der Waals surface area (Å²) in [6.45, 7) is 0. The fourth-order valence-electron chi connectivity index (χ4n) is 1.79. The second-order valence-electron chi connectivity index (χ2n) is 5.63. The second-order valence-corrected chi connectivity index (χ2v) is 7.26. The van der Waals surface area contributed by atoms with Crippen molar-refractivity contribution in [3.05, 3.63) is 60.2 Å². The molecule has 0 fully saturated rings. The Morgan fingerprint density at radius 2 is 1.48 bits per heavy atom. The summed E-state index contributed by atoms with van der Waals surface area (Å²) in [6, 6.07) is 15.9. The smallest absolute Gasteiger partial charge is 0.282 e. The SMILES string of the molecule is C[N+](C)(C)c1ccc(C=NS(=O)(=O)c2ccccc2)cc1. The highest BCUT2D eigenvalue weighted by molar-refractivity contribution is 7.90. The zero-order valence-corrected chi connectivity index (χ0v) is 13.2. The van der Waals surface area contributed by atoms with E-state index in [-0.39, 0.29) is 4.90 Å². The molecule has 21 heavy (non-hydrogen) atoms. The maximum Gasteiger partial charge on any atom is 0.282 e. The van der Waals surface area contributed by atoms with Crippen LogP contribution < -0.4 is 4.48 Å². The largest absolute Gasteiger partial charge is 0.298 e. The molecule has 0 heterocycles. The van der Waals surface area contributed by atoms with Crippen molar-refractivity contribution < 1.29 is 8.42 Å². The van der Waals surface area contributed by atoms with Crippen LogP contribution in [0, 0.1) is 0 Å². The molecule has 110 valence electrons. The van der Waals surface area contributed by atoms with E-state index in [4.69, 9.17) is 0 Å². The minimum atomic E-state index is -3.63. The average Bonchev–Trinajstić information content (AvgIpc) is 2.46. The lowest BCUT2D eigenvalue weighted by Crippen LogP contribution is -2.34. The highest BCUT2D eigenvalue weighted by Gasteiger charge is 2.12. The van der Waals surface area contributed by atoms with Gasteiger partial charge in [0.05, 0.1) is 26.0 Å². The molecule has 0 N–H and O–H groups in total. The molecule has 0 aliphatic carbocycles. The molecule has 0 spiro atoms. The number of rotatable bonds is 4. The Labute approximate surface area is 126 Å². The van der Waals surface area contributed by atoms with Gasteiger partial charge in [-0.25, -0.2) is 0 Å². The van der Waals surface area contributed by atoms with Gasteiger partial charge in [-0.15, -0.1) is 0 Å². The molecule has 0 aliphatic heterocycles. The van der Waals surface area contributed by atoms with Crippen LogP contribution in [0.2, 0.25) is 0 Å². The fourth-order valence-corrected chi connectivity index (χ4v) is 2.67. The third kappa shape index (κ3) is 4.00. The summed E-state index contributed by atoms with van der Waals surface area (Å²) in [5.41, 5.74) is 1.89. The van der Waals surface area contributed by atoms with E-state index in [1.807, 2.05) is 24.3 Å². The van der Waals surface area contributed by atoms with E-state index in [0.717, 1.165) is 11.3 Å². The third-order valence-corrected chi connectivity index (χ3v) is 4.30. The molecule has 2 aromatic rings. The lowest BCUT2D eigenvalue weighted by atomic mass is 10.2. The molecule has 0 unspecified atom stereocenters. The topological polar surface area (TPSA) is 46.5 Å². The highest BCUT2D eigenvalue weighted by Crippen LogP contribution is 2.17. The van der Waals surface area contributed by atoms with E-state index < -0.39 is 10.0 Å². The first kappa shape index (κ1) is 15.4. The van der Waals surface area contributed by atoms with Crippen molar-refractivity contribution in [1.29, 1.82) is 0 Å². The van der Waals surface area contributed by atoms with Crippen molar-refractivity contribution in [3.8, 4) is 0 Å². The number of hydrogen-bond donors (Lipinski definition) is 0. The summed E-state index contributed by atoms with van der Waals surface area (Å²) in [5, 5.41) is 0. The van der Waals surface area contributed by atoms with Crippen molar-refractivity contribution in [1.82, 2.24) is 4.48 Å². The maximum atomic E-state index is 12.0. The Bertz CT molecular complexity index is 728. The lowest BCUT2D eigenvalue weighted by molar-refractivity contribution is 0.486. The third-order valence-electron chi connectivity index (χ3n) is 3.05. The number of nitrogens with zero attached hydrogens (tertiary/aromatic N) is 2. The lowest BCUT2D eigenvalue weighted by Gasteiger charge is -2.23. The molecule has 4 nitrogen and oxygen atoms in total. The van der Waals surface area contributed by atoms with Gasteiger partial charge in [0.15, 0.2) is 0 Å². The van der Waals surface area contributed by atoms with Gasteiger partial charge in [0, 0.05) is 6.21 Å². The Kier molecular flexibility index (Phi) is 4.25. The van der Waals surface area contributed by atoms with E-state index in [9.17, 15) is 8.42 Å². The summed E-state index contributed by atoms with van der Waals surface area (Å²) in [4.78, 5) is 0.198. The maximum absolute atomic E-state index is 12.0. The number of benzene rings is 2. The monoisotopic (exact) mass is 303 g/mol. The molecule has 0 aromatic heterocycles. The molecule has 0 atom stereocenters. The van der Waals surface area contributed by atoms with Crippen molar-refractivity contribution in [3.63, 3.8) is 0 Å². The van der Waals surface area contributed by atoms with Gasteiger partial charge >= 0.3 is 0 Å². The van der Waals surface area contributed by atoms with E-state index in [1.165, 1.54) is 18.3 Å². The molecule has 0 bridgehead atoms. The van der Waals surface area contributed by atoms with Gasteiger partial charge in [-0.3, -0.25) is 4.48 Å². The summed E-state index contributed by atoms with van der Waals surface area (Å²) in [7, 11) is 2.59. The normalized spacial score (nSPS) is 12.7. The van der Waals surface area contributed by atoms with Gasteiger partial charge in [-0.1, -0.05) is 18.2 Å². The van der Waals surface area contributed by atoms with Crippen LogP contribution in [0.1, 0.15) is 5.56 Å². The molecule has 0 amide bonds. The number of hydrogen-bond acceptors (Lipinski definition) is 2. The Morgan fingerprint density at radius 1 is 0.905 bits per heavy atom. The molecule has 0 saturated carbocycles. The molecule has 0 saturated heterocycles. The average molecular weight is 303 g/mol. The zero-order chi connectivity index (χ0) is 15.5. The van der Waals surface area contributed by atoms with Crippen molar-refractivity contribution in [2.75, 3.05) is 21.1 Å². The van der Waals surface area contributed by atoms with Gasteiger partial charge < -0.3 is 0 Å². The summed E-state index contributed by atoms with van der Waals surface area (Å²) in [5.74, 6) is 0. The van der Waals surface area contributed by atoms with Crippen LogP contribution in [0.4, 0.5) is 5.69 Å². The molecule has 2 aromatic carbocycles. The molecule has 0 aliphatic rings. The van der Waals surface area contributed by atoms with Crippen molar-refractivity contribution in [2.24, 2.45) is 4.40 Å². The van der Waals surface area contributed by atoms with Crippen LogP contribution in [0.3, 0.4) is 0 Å². The van der Waals surface area contributed by atoms with Gasteiger partial charge in [0.25, 0.3) is 10.0 Å². The predicted octanol–water partition coefficient (Wildman–Crippen LogP) is 2.69. The Balaban J connectivity index is 2.22. The first-order valence-corrected chi connectivity index (χ1v) is 8.00. The minimum absolute atomic E-state index is 0.198. The standard InChI is InChI=1S/C16H19N2O2S/c1-18(2,3)15-11-9-14(10-12-15)13-17-21(19,20)16-7-5-4-6-8-16/h4-13H,1-3H3/q+1. The zero-order valence-electron chi connectivity index (χ0n) is 12.4. The van der Waals surface area contributed by atoms with Crippen LogP contribution >= 0.6 is 0 Å². The van der Waals surface area contributed by atoms with Crippen LogP contribution in [-0.4, -0.2) is 35.8 Å². The number of quaternary nitrogens is 1. The van der Waals surface area contributed by atoms with Crippen LogP contribution in [0.15, 0.2) is 63.9 Å². The molecule has 5 heteroatoms. The first-order chi connectivity index (χ1) is 9.79. The minimum Gasteiger partial charge on any atom is -0.298 e. The number of sulfonamides is 1. The summed E-state index contributed by atoms with van der Waals surface area (Å²) in [6.07, 6.45) is 1.38.